The molecule has 82 valence electrons. The second-order valence-corrected chi connectivity index (χ2v) is 3.11. The van der Waals surface area contributed by atoms with Crippen LogP contribution in [0.15, 0.2) is 0 Å². The fourth-order valence-electron chi connectivity index (χ4n) is 1.01. The van der Waals surface area contributed by atoms with Crippen LogP contribution in [0.25, 0.3) is 0 Å². The Morgan fingerprint density at radius 2 is 2.07 bits per heavy atom. The zero-order valence-electron chi connectivity index (χ0n) is 8.69. The molecule has 0 aromatic carbocycles. The number of unbranched alkanes of at least 4 members (excludes halogenated alkanes) is 1. The van der Waals surface area contributed by atoms with Gasteiger partial charge in [0.05, 0.1) is 6.61 Å². The van der Waals surface area contributed by atoms with Crippen molar-refractivity contribution in [2.45, 2.75) is 45.6 Å². The second-order valence-electron chi connectivity index (χ2n) is 3.11. The number of nitrogens with zero attached hydrogens (tertiary/aromatic N) is 1. The highest BCUT2D eigenvalue weighted by Gasteiger charge is 2.30. The van der Waals surface area contributed by atoms with Gasteiger partial charge in [-0.3, -0.25) is 10.1 Å². The van der Waals surface area contributed by atoms with Crippen molar-refractivity contribution < 1.29 is 14.5 Å². The summed E-state index contributed by atoms with van der Waals surface area (Å²) >= 11 is 0. The summed E-state index contributed by atoms with van der Waals surface area (Å²) in [4.78, 5) is 21.1. The number of carbonyl (C=O) groups excluding carboxylic acids is 1. The molecule has 0 saturated carbocycles. The quantitative estimate of drug-likeness (QED) is 0.359. The number of carbonyl (C=O) groups is 1. The summed E-state index contributed by atoms with van der Waals surface area (Å²) in [6.07, 6.45) is 2.47. The van der Waals surface area contributed by atoms with Gasteiger partial charge in [-0.15, -0.1) is 0 Å². The SMILES string of the molecule is CCCCC(C(=O)OCCC)[N+](=O)[O-]. The maximum absolute atomic E-state index is 11.2. The van der Waals surface area contributed by atoms with Gasteiger partial charge in [0.2, 0.25) is 0 Å². The molecule has 0 rings (SSSR count). The van der Waals surface area contributed by atoms with Gasteiger partial charge in [0.25, 0.3) is 0 Å². The predicted molar refractivity (Wildman–Crippen MR) is 51.6 cm³/mol. The summed E-state index contributed by atoms with van der Waals surface area (Å²) in [5, 5.41) is 10.5. The van der Waals surface area contributed by atoms with E-state index in [1.165, 1.54) is 0 Å². The van der Waals surface area contributed by atoms with Crippen molar-refractivity contribution in [3.05, 3.63) is 10.1 Å². The average Bonchev–Trinajstić information content (AvgIpc) is 2.14. The van der Waals surface area contributed by atoms with Gasteiger partial charge in [-0.2, -0.15) is 0 Å². The zero-order chi connectivity index (χ0) is 11.0. The molecule has 0 aliphatic carbocycles. The van der Waals surface area contributed by atoms with Crippen molar-refractivity contribution in [1.82, 2.24) is 0 Å². The van der Waals surface area contributed by atoms with E-state index >= 15 is 0 Å². The van der Waals surface area contributed by atoms with Crippen molar-refractivity contribution in [2.24, 2.45) is 0 Å². The lowest BCUT2D eigenvalue weighted by Crippen LogP contribution is -2.31. The van der Waals surface area contributed by atoms with Gasteiger partial charge in [-0.05, 0) is 12.8 Å². The van der Waals surface area contributed by atoms with E-state index < -0.39 is 16.9 Å². The molecule has 0 aromatic heterocycles. The van der Waals surface area contributed by atoms with Gasteiger partial charge in [0.1, 0.15) is 0 Å². The number of esters is 1. The van der Waals surface area contributed by atoms with Crippen LogP contribution in [0.4, 0.5) is 0 Å². The number of hydrogen-bond donors (Lipinski definition) is 0. The molecule has 0 heterocycles. The molecule has 0 aromatic rings. The molecule has 0 aliphatic heterocycles. The molecular weight excluding hydrogens is 186 g/mol. The topological polar surface area (TPSA) is 69.4 Å². The van der Waals surface area contributed by atoms with Gasteiger partial charge < -0.3 is 4.74 Å². The molecule has 5 nitrogen and oxygen atoms in total. The fraction of sp³-hybridized carbons (Fsp3) is 0.889. The third-order valence-electron chi connectivity index (χ3n) is 1.81. The van der Waals surface area contributed by atoms with Crippen LogP contribution in [0.5, 0.6) is 0 Å². The van der Waals surface area contributed by atoms with E-state index in [-0.39, 0.29) is 13.0 Å². The summed E-state index contributed by atoms with van der Waals surface area (Å²) in [6, 6.07) is -1.18. The minimum Gasteiger partial charge on any atom is -0.461 e. The van der Waals surface area contributed by atoms with Crippen LogP contribution >= 0.6 is 0 Å². The molecule has 5 heteroatoms. The van der Waals surface area contributed by atoms with Gasteiger partial charge in [-0.1, -0.05) is 20.3 Å². The first-order valence-electron chi connectivity index (χ1n) is 4.93. The van der Waals surface area contributed by atoms with Gasteiger partial charge in [0.15, 0.2) is 0 Å². The van der Waals surface area contributed by atoms with Crippen LogP contribution in [0.2, 0.25) is 0 Å². The molecule has 1 atom stereocenters. The summed E-state index contributed by atoms with van der Waals surface area (Å²) in [6.45, 7) is 4.03. The largest absolute Gasteiger partial charge is 0.461 e. The summed E-state index contributed by atoms with van der Waals surface area (Å²) < 4.78 is 4.73. The lowest BCUT2D eigenvalue weighted by molar-refractivity contribution is -0.511. The van der Waals surface area contributed by atoms with Crippen LogP contribution in [0, 0.1) is 10.1 Å². The standard InChI is InChI=1S/C9H17NO4/c1-3-5-6-8(10(12)13)9(11)14-7-4-2/h8H,3-7H2,1-2H3. The van der Waals surface area contributed by atoms with E-state index in [2.05, 4.69) is 0 Å². The smallest absolute Gasteiger partial charge is 0.381 e. The summed E-state index contributed by atoms with van der Waals surface area (Å²) in [5.74, 6) is -0.703. The van der Waals surface area contributed by atoms with E-state index in [9.17, 15) is 14.9 Å². The third-order valence-corrected chi connectivity index (χ3v) is 1.81. The molecular formula is C9H17NO4. The Bertz CT molecular complexity index is 193. The van der Waals surface area contributed by atoms with E-state index in [0.717, 1.165) is 6.42 Å². The average molecular weight is 203 g/mol. The van der Waals surface area contributed by atoms with Gasteiger partial charge in [-0.25, -0.2) is 4.79 Å². The van der Waals surface area contributed by atoms with Crippen molar-refractivity contribution in [1.29, 1.82) is 0 Å². The third kappa shape index (κ3) is 4.79. The Kier molecular flexibility index (Phi) is 6.70. The highest BCUT2D eigenvalue weighted by atomic mass is 16.6. The van der Waals surface area contributed by atoms with E-state index in [1.54, 1.807) is 0 Å². The first-order chi connectivity index (χ1) is 6.63. The Morgan fingerprint density at radius 3 is 2.50 bits per heavy atom. The molecule has 0 aliphatic rings. The number of ether oxygens (including phenoxy) is 1. The normalized spacial score (nSPS) is 12.1. The summed E-state index contributed by atoms with van der Waals surface area (Å²) in [5.41, 5.74) is 0. The molecule has 0 spiro atoms. The monoisotopic (exact) mass is 203 g/mol. The maximum Gasteiger partial charge on any atom is 0.381 e. The molecule has 0 radical (unpaired) electrons. The lowest BCUT2D eigenvalue weighted by Gasteiger charge is -2.07. The summed E-state index contributed by atoms with van der Waals surface area (Å²) in [7, 11) is 0. The molecule has 0 bridgehead atoms. The first kappa shape index (κ1) is 12.9. The molecule has 0 amide bonds. The van der Waals surface area contributed by atoms with Gasteiger partial charge >= 0.3 is 12.0 Å². The Balaban J connectivity index is 4.05. The second kappa shape index (κ2) is 7.29. The molecule has 14 heavy (non-hydrogen) atoms. The minimum absolute atomic E-state index is 0.259. The Hall–Kier alpha value is -1.13. The predicted octanol–water partition coefficient (Wildman–Crippen LogP) is 1.78. The van der Waals surface area contributed by atoms with E-state index in [0.29, 0.717) is 12.8 Å². The van der Waals surface area contributed by atoms with Crippen molar-refractivity contribution >= 4 is 5.97 Å². The minimum atomic E-state index is -1.18. The van der Waals surface area contributed by atoms with Crippen LogP contribution in [-0.2, 0) is 9.53 Å². The van der Waals surface area contributed by atoms with Crippen LogP contribution in [-0.4, -0.2) is 23.5 Å². The van der Waals surface area contributed by atoms with Gasteiger partial charge in [0, 0.05) is 11.3 Å². The van der Waals surface area contributed by atoms with Crippen molar-refractivity contribution in [2.75, 3.05) is 6.61 Å². The van der Waals surface area contributed by atoms with Crippen molar-refractivity contribution in [3.8, 4) is 0 Å². The van der Waals surface area contributed by atoms with E-state index in [4.69, 9.17) is 4.74 Å². The van der Waals surface area contributed by atoms with Crippen LogP contribution in [0.1, 0.15) is 39.5 Å². The molecule has 0 fully saturated rings. The highest BCUT2D eigenvalue weighted by molar-refractivity contribution is 5.74. The number of nitro groups is 1. The molecule has 0 saturated heterocycles. The first-order valence-corrected chi connectivity index (χ1v) is 4.93. The fourth-order valence-corrected chi connectivity index (χ4v) is 1.01. The Morgan fingerprint density at radius 1 is 1.43 bits per heavy atom. The van der Waals surface area contributed by atoms with Crippen molar-refractivity contribution in [3.63, 3.8) is 0 Å². The van der Waals surface area contributed by atoms with Crippen LogP contribution < -0.4 is 0 Å². The molecule has 0 N–H and O–H groups in total. The zero-order valence-corrected chi connectivity index (χ0v) is 8.69. The lowest BCUT2D eigenvalue weighted by atomic mass is 10.1. The van der Waals surface area contributed by atoms with E-state index in [1.807, 2.05) is 13.8 Å². The Labute approximate surface area is 83.6 Å². The highest BCUT2D eigenvalue weighted by Crippen LogP contribution is 2.06. The molecule has 1 unspecified atom stereocenters. The maximum atomic E-state index is 11.2. The number of hydrogen-bond acceptors (Lipinski definition) is 4. The number of rotatable bonds is 7. The van der Waals surface area contributed by atoms with Crippen LogP contribution in [0.3, 0.4) is 0 Å².